The minimum atomic E-state index is -0.532. The summed E-state index contributed by atoms with van der Waals surface area (Å²) in [5.41, 5.74) is 4.86. The molecule has 0 amide bonds. The lowest BCUT2D eigenvalue weighted by Gasteiger charge is -2.19. The highest BCUT2D eigenvalue weighted by atomic mass is 16.3. The second kappa shape index (κ2) is 10.9. The summed E-state index contributed by atoms with van der Waals surface area (Å²) in [4.78, 5) is 0. The molecule has 0 bridgehead atoms. The van der Waals surface area contributed by atoms with Crippen molar-refractivity contribution in [3.63, 3.8) is 0 Å². The second-order valence-electron chi connectivity index (χ2n) is 12.9. The number of rotatable bonds is 3. The van der Waals surface area contributed by atoms with Crippen molar-refractivity contribution in [3.05, 3.63) is 182 Å². The molecule has 11 rings (SSSR count). The first-order chi connectivity index (χ1) is 29.1. The summed E-state index contributed by atoms with van der Waals surface area (Å²) in [6, 6.07) is 39.8. The molecule has 11 aromatic rings. The average molecular weight is 656 g/mol. The summed E-state index contributed by atoms with van der Waals surface area (Å²) >= 11 is 0. The number of hydrogen-bond donors (Lipinski definition) is 0. The molecule has 0 spiro atoms. The predicted molar refractivity (Wildman–Crippen MR) is 218 cm³/mol. The van der Waals surface area contributed by atoms with Crippen LogP contribution in [-0.4, -0.2) is 0 Å². The lowest BCUT2D eigenvalue weighted by molar-refractivity contribution is 0.673. The van der Waals surface area contributed by atoms with Gasteiger partial charge in [-0.15, -0.1) is 0 Å². The fourth-order valence-electron chi connectivity index (χ4n) is 7.99. The number of fused-ring (bicyclic) bond motifs is 9. The van der Waals surface area contributed by atoms with E-state index < -0.39 is 36.3 Å². The van der Waals surface area contributed by atoms with Crippen LogP contribution in [0.25, 0.3) is 109 Å². The van der Waals surface area contributed by atoms with Crippen LogP contribution in [0.4, 0.5) is 0 Å². The SMILES string of the molecule is [2H]c1c([2H])c(-c2cccc3c(-c4c5ccccc5c(-c5ccc6ccccc6c5)c5ccccc45)cccc23)c2c(oc3c4c([2H])c([2H])c([2H])c([2H])c4c([2H])c([2H])c32)c1[2H]. The molecule has 0 unspecified atom stereocenters. The largest absolute Gasteiger partial charge is 0.455 e. The third kappa shape index (κ3) is 4.16. The van der Waals surface area contributed by atoms with E-state index in [1.807, 2.05) is 36.4 Å². The molecule has 0 aliphatic heterocycles. The summed E-state index contributed by atoms with van der Waals surface area (Å²) in [5, 5.41) is 8.26. The summed E-state index contributed by atoms with van der Waals surface area (Å²) < 4.78 is 85.9. The van der Waals surface area contributed by atoms with Crippen LogP contribution in [0.5, 0.6) is 0 Å². The Balaban J connectivity index is 1.24. The molecule has 0 aliphatic carbocycles. The Morgan fingerprint density at radius 3 is 1.80 bits per heavy atom. The highest BCUT2D eigenvalue weighted by Crippen LogP contribution is 2.47. The molecular formula is C50H30O. The molecule has 1 heteroatoms. The monoisotopic (exact) mass is 655 g/mol. The minimum Gasteiger partial charge on any atom is -0.455 e. The Morgan fingerprint density at radius 2 is 1.02 bits per heavy atom. The van der Waals surface area contributed by atoms with Crippen molar-refractivity contribution in [1.29, 1.82) is 0 Å². The van der Waals surface area contributed by atoms with Crippen molar-refractivity contribution < 1.29 is 16.8 Å². The Labute approximate surface area is 307 Å². The Morgan fingerprint density at radius 1 is 0.373 bits per heavy atom. The summed E-state index contributed by atoms with van der Waals surface area (Å²) in [6.45, 7) is 0. The van der Waals surface area contributed by atoms with Gasteiger partial charge in [0.25, 0.3) is 0 Å². The van der Waals surface area contributed by atoms with Gasteiger partial charge in [0.2, 0.25) is 0 Å². The lowest BCUT2D eigenvalue weighted by Crippen LogP contribution is -1.92. The highest BCUT2D eigenvalue weighted by Gasteiger charge is 2.20. The van der Waals surface area contributed by atoms with Crippen LogP contribution in [0.2, 0.25) is 0 Å². The van der Waals surface area contributed by atoms with Gasteiger partial charge in [-0.05, 0) is 100 Å². The fraction of sp³-hybridized carbons (Fsp3) is 0. The standard InChI is InChI=1S/C50H30O/c1-2-14-33-30-34(27-26-31(33)12-1)47-41-16-5-7-18-43(41)48(44-19-8-6-17-42(44)47)39-23-10-20-36-37(39)21-9-22-38(36)40-24-11-25-46-49(40)45-29-28-32-13-3-4-15-35(32)50(45)51-46/h1-30H/i3D,4D,11D,13D,15D,24D,25D,28D,29D. The molecule has 236 valence electrons. The minimum absolute atomic E-state index is 0.0546. The maximum atomic E-state index is 9.38. The zero-order valence-electron chi connectivity index (χ0n) is 36.0. The van der Waals surface area contributed by atoms with Crippen LogP contribution >= 0.6 is 0 Å². The second-order valence-corrected chi connectivity index (χ2v) is 12.9. The molecule has 0 radical (unpaired) electrons. The average Bonchev–Trinajstić information content (AvgIpc) is 3.67. The van der Waals surface area contributed by atoms with Crippen molar-refractivity contribution in [2.45, 2.75) is 0 Å². The van der Waals surface area contributed by atoms with E-state index in [0.717, 1.165) is 60.0 Å². The van der Waals surface area contributed by atoms with E-state index in [1.165, 1.54) is 5.39 Å². The van der Waals surface area contributed by atoms with Gasteiger partial charge in [-0.2, -0.15) is 0 Å². The number of benzene rings is 10. The lowest BCUT2D eigenvalue weighted by atomic mass is 9.83. The van der Waals surface area contributed by atoms with Crippen LogP contribution in [-0.2, 0) is 0 Å². The summed E-state index contributed by atoms with van der Waals surface area (Å²) in [5.74, 6) is 0. The van der Waals surface area contributed by atoms with Crippen LogP contribution in [0, 0.1) is 0 Å². The molecule has 1 heterocycles. The topological polar surface area (TPSA) is 13.1 Å². The molecule has 10 aromatic carbocycles. The smallest absolute Gasteiger partial charge is 0.143 e. The van der Waals surface area contributed by atoms with E-state index in [9.17, 15) is 2.74 Å². The van der Waals surface area contributed by atoms with Gasteiger partial charge in [0, 0.05) is 16.2 Å². The van der Waals surface area contributed by atoms with Crippen molar-refractivity contribution >= 4 is 75.8 Å². The van der Waals surface area contributed by atoms with Gasteiger partial charge in [0.15, 0.2) is 0 Å². The quantitative estimate of drug-likeness (QED) is 0.173. The first kappa shape index (κ1) is 20.7. The number of hydrogen-bond acceptors (Lipinski definition) is 1. The van der Waals surface area contributed by atoms with Crippen molar-refractivity contribution in [3.8, 4) is 33.4 Å². The van der Waals surface area contributed by atoms with E-state index in [4.69, 9.17) is 14.0 Å². The molecule has 1 aromatic heterocycles. The first-order valence-electron chi connectivity index (χ1n) is 21.4. The van der Waals surface area contributed by atoms with E-state index in [-0.39, 0.29) is 56.4 Å². The van der Waals surface area contributed by atoms with E-state index in [0.29, 0.717) is 5.56 Å². The van der Waals surface area contributed by atoms with Crippen molar-refractivity contribution in [1.82, 2.24) is 0 Å². The van der Waals surface area contributed by atoms with Crippen LogP contribution < -0.4 is 0 Å². The third-order valence-electron chi connectivity index (χ3n) is 10.2. The first-order valence-corrected chi connectivity index (χ1v) is 16.9. The highest BCUT2D eigenvalue weighted by molar-refractivity contribution is 6.25. The zero-order valence-corrected chi connectivity index (χ0v) is 27.0. The Hall–Kier alpha value is -6.70. The molecule has 0 saturated heterocycles. The molecule has 0 aliphatic rings. The molecular weight excluding hydrogens is 617 g/mol. The van der Waals surface area contributed by atoms with Gasteiger partial charge in [-0.3, -0.25) is 0 Å². The van der Waals surface area contributed by atoms with Gasteiger partial charge >= 0.3 is 0 Å². The fourth-order valence-corrected chi connectivity index (χ4v) is 7.99. The van der Waals surface area contributed by atoms with E-state index in [1.54, 1.807) is 0 Å². The molecule has 0 N–H and O–H groups in total. The Bertz CT molecular complexity index is 3660. The van der Waals surface area contributed by atoms with Gasteiger partial charge in [0.1, 0.15) is 11.2 Å². The predicted octanol–water partition coefficient (Wildman–Crippen LogP) is 14.4. The molecule has 51 heavy (non-hydrogen) atoms. The number of furan rings is 1. The molecule has 1 nitrogen and oxygen atoms in total. The van der Waals surface area contributed by atoms with Gasteiger partial charge in [-0.1, -0.05) is 164 Å². The van der Waals surface area contributed by atoms with Gasteiger partial charge in [0.05, 0.1) is 12.3 Å². The van der Waals surface area contributed by atoms with E-state index >= 15 is 0 Å². The molecule has 0 saturated carbocycles. The molecule has 0 fully saturated rings. The van der Waals surface area contributed by atoms with Gasteiger partial charge < -0.3 is 4.42 Å². The maximum Gasteiger partial charge on any atom is 0.143 e. The zero-order chi connectivity index (χ0) is 41.3. The summed E-state index contributed by atoms with van der Waals surface area (Å²) in [7, 11) is 0. The third-order valence-corrected chi connectivity index (χ3v) is 10.2. The van der Waals surface area contributed by atoms with Crippen LogP contribution in [0.1, 0.15) is 12.3 Å². The Kier molecular flexibility index (Phi) is 4.43. The van der Waals surface area contributed by atoms with Crippen LogP contribution in [0.15, 0.2) is 186 Å². The molecule has 0 atom stereocenters. The normalized spacial score (nSPS) is 14.4. The maximum absolute atomic E-state index is 9.38. The summed E-state index contributed by atoms with van der Waals surface area (Å²) in [6.07, 6.45) is 0. The van der Waals surface area contributed by atoms with Gasteiger partial charge in [-0.25, -0.2) is 0 Å². The van der Waals surface area contributed by atoms with Crippen molar-refractivity contribution in [2.75, 3.05) is 0 Å². The van der Waals surface area contributed by atoms with Crippen LogP contribution in [0.3, 0.4) is 0 Å². The van der Waals surface area contributed by atoms with Crippen molar-refractivity contribution in [2.24, 2.45) is 0 Å². The van der Waals surface area contributed by atoms with E-state index in [2.05, 4.69) is 91.0 Å².